The molecule has 4 nitrogen and oxygen atoms in total. The van der Waals surface area contributed by atoms with Crippen LogP contribution >= 0.6 is 0 Å². The van der Waals surface area contributed by atoms with E-state index in [1.54, 1.807) is 20.8 Å². The van der Waals surface area contributed by atoms with E-state index in [4.69, 9.17) is 5.11 Å². The van der Waals surface area contributed by atoms with Crippen molar-refractivity contribution in [3.8, 4) is 0 Å². The Morgan fingerprint density at radius 1 is 1.25 bits per heavy atom. The number of carbonyl (C=O) groups is 2. The Kier molecular flexibility index (Phi) is 4.81. The summed E-state index contributed by atoms with van der Waals surface area (Å²) in [7, 11) is 0. The molecule has 0 bridgehead atoms. The molecule has 0 saturated heterocycles. The molecule has 0 fully saturated rings. The van der Waals surface area contributed by atoms with Crippen molar-refractivity contribution in [1.82, 2.24) is 4.90 Å². The Morgan fingerprint density at radius 2 is 1.85 bits per heavy atom. The average Bonchev–Trinajstić information content (AvgIpc) is 2.30. The van der Waals surface area contributed by atoms with Crippen LogP contribution in [-0.4, -0.2) is 34.0 Å². The van der Waals surface area contributed by atoms with Crippen LogP contribution in [0.4, 0.5) is 8.78 Å². The number of amides is 1. The molecule has 1 aromatic carbocycles. The van der Waals surface area contributed by atoms with Crippen LogP contribution in [0.15, 0.2) is 18.2 Å². The highest BCUT2D eigenvalue weighted by Crippen LogP contribution is 2.17. The summed E-state index contributed by atoms with van der Waals surface area (Å²) >= 11 is 0. The smallest absolute Gasteiger partial charge is 0.323 e. The van der Waals surface area contributed by atoms with E-state index >= 15 is 0 Å². The van der Waals surface area contributed by atoms with E-state index in [2.05, 4.69) is 0 Å². The Labute approximate surface area is 116 Å². The summed E-state index contributed by atoms with van der Waals surface area (Å²) in [5, 5.41) is 8.83. The number of carboxylic acids is 1. The number of rotatable bonds is 4. The van der Waals surface area contributed by atoms with Crippen molar-refractivity contribution in [2.45, 2.75) is 32.7 Å². The molecule has 20 heavy (non-hydrogen) atoms. The number of aliphatic carboxylic acids is 1. The van der Waals surface area contributed by atoms with Crippen LogP contribution in [-0.2, 0) is 16.0 Å². The largest absolute Gasteiger partial charge is 0.480 e. The lowest BCUT2D eigenvalue weighted by Gasteiger charge is -2.34. The molecule has 6 heteroatoms. The number of carboxylic acid groups (broad SMARTS) is 1. The molecule has 1 amide bonds. The molecule has 0 heterocycles. The number of halogens is 2. The minimum atomic E-state index is -1.16. The lowest BCUT2D eigenvalue weighted by molar-refractivity contribution is -0.147. The Bertz CT molecular complexity index is 524. The number of hydrogen-bond donors (Lipinski definition) is 1. The van der Waals surface area contributed by atoms with Gasteiger partial charge in [0.25, 0.3) is 0 Å². The fraction of sp³-hybridized carbons (Fsp3) is 0.429. The Morgan fingerprint density at radius 3 is 2.35 bits per heavy atom. The van der Waals surface area contributed by atoms with Crippen LogP contribution in [0.2, 0.25) is 0 Å². The summed E-state index contributed by atoms with van der Waals surface area (Å²) in [5.41, 5.74) is -0.811. The molecule has 0 aromatic heterocycles. The quantitative estimate of drug-likeness (QED) is 0.922. The highest BCUT2D eigenvalue weighted by molar-refractivity contribution is 5.83. The van der Waals surface area contributed by atoms with Crippen LogP contribution < -0.4 is 0 Å². The maximum absolute atomic E-state index is 13.5. The second-order valence-electron chi connectivity index (χ2n) is 5.43. The summed E-state index contributed by atoms with van der Waals surface area (Å²) in [6.45, 7) is 4.54. The van der Waals surface area contributed by atoms with E-state index in [0.29, 0.717) is 0 Å². The lowest BCUT2D eigenvalue weighted by atomic mass is 10.0. The number of hydrogen-bond acceptors (Lipinski definition) is 2. The van der Waals surface area contributed by atoms with Gasteiger partial charge in [0.2, 0.25) is 5.91 Å². The number of carbonyl (C=O) groups excluding carboxylic acids is 1. The molecule has 0 aliphatic rings. The molecule has 1 N–H and O–H groups in total. The Balaban J connectivity index is 2.97. The third-order valence-electron chi connectivity index (χ3n) is 2.78. The normalized spacial score (nSPS) is 11.2. The van der Waals surface area contributed by atoms with Crippen molar-refractivity contribution in [1.29, 1.82) is 0 Å². The van der Waals surface area contributed by atoms with Crippen molar-refractivity contribution in [3.05, 3.63) is 35.4 Å². The van der Waals surface area contributed by atoms with Crippen LogP contribution in [0, 0.1) is 11.6 Å². The monoisotopic (exact) mass is 285 g/mol. The predicted molar refractivity (Wildman–Crippen MR) is 69.2 cm³/mol. The van der Waals surface area contributed by atoms with E-state index in [0.717, 1.165) is 11.0 Å². The SMILES string of the molecule is CC(C)(C)N(CC(=O)O)C(=O)Cc1cccc(F)c1F. The van der Waals surface area contributed by atoms with E-state index < -0.39 is 35.6 Å². The van der Waals surface area contributed by atoms with E-state index in [9.17, 15) is 18.4 Å². The van der Waals surface area contributed by atoms with Crippen molar-refractivity contribution in [3.63, 3.8) is 0 Å². The minimum Gasteiger partial charge on any atom is -0.480 e. The molecule has 0 unspecified atom stereocenters. The number of nitrogens with zero attached hydrogens (tertiary/aromatic N) is 1. The van der Waals surface area contributed by atoms with Gasteiger partial charge in [-0.25, -0.2) is 8.78 Å². The zero-order valence-electron chi connectivity index (χ0n) is 11.6. The molecule has 0 aliphatic heterocycles. The maximum atomic E-state index is 13.5. The molecular formula is C14H17F2NO3. The van der Waals surface area contributed by atoms with Gasteiger partial charge in [0.05, 0.1) is 6.42 Å². The molecule has 1 aromatic rings. The van der Waals surface area contributed by atoms with Gasteiger partial charge >= 0.3 is 5.97 Å². The Hall–Kier alpha value is -1.98. The lowest BCUT2D eigenvalue weighted by Crippen LogP contribution is -2.48. The predicted octanol–water partition coefficient (Wildman–Crippen LogP) is 2.22. The number of benzene rings is 1. The van der Waals surface area contributed by atoms with Crippen LogP contribution in [0.1, 0.15) is 26.3 Å². The van der Waals surface area contributed by atoms with Gasteiger partial charge in [0.1, 0.15) is 6.54 Å². The van der Waals surface area contributed by atoms with Crippen molar-refractivity contribution in [2.75, 3.05) is 6.54 Å². The second kappa shape index (κ2) is 5.98. The van der Waals surface area contributed by atoms with Crippen LogP contribution in [0.25, 0.3) is 0 Å². The highest BCUT2D eigenvalue weighted by atomic mass is 19.2. The van der Waals surface area contributed by atoms with Gasteiger partial charge < -0.3 is 10.0 Å². The molecule has 0 spiro atoms. The average molecular weight is 285 g/mol. The first kappa shape index (κ1) is 16.1. The van der Waals surface area contributed by atoms with Crippen molar-refractivity contribution < 1.29 is 23.5 Å². The minimum absolute atomic E-state index is 0.0883. The summed E-state index contributed by atoms with van der Waals surface area (Å²) in [6, 6.07) is 3.57. The molecule has 0 saturated carbocycles. The van der Waals surface area contributed by atoms with Crippen molar-refractivity contribution in [2.24, 2.45) is 0 Å². The first-order valence-corrected chi connectivity index (χ1v) is 6.08. The van der Waals surface area contributed by atoms with E-state index in [1.807, 2.05) is 0 Å². The van der Waals surface area contributed by atoms with Gasteiger partial charge in [-0.2, -0.15) is 0 Å². The molecule has 0 radical (unpaired) electrons. The van der Waals surface area contributed by atoms with Gasteiger partial charge in [0, 0.05) is 11.1 Å². The van der Waals surface area contributed by atoms with Crippen molar-refractivity contribution >= 4 is 11.9 Å². The van der Waals surface area contributed by atoms with Crippen LogP contribution in [0.5, 0.6) is 0 Å². The fourth-order valence-electron chi connectivity index (χ4n) is 1.78. The van der Waals surface area contributed by atoms with E-state index in [-0.39, 0.29) is 12.0 Å². The summed E-state index contributed by atoms with van der Waals surface area (Å²) in [6.07, 6.45) is -0.381. The maximum Gasteiger partial charge on any atom is 0.323 e. The van der Waals surface area contributed by atoms with Crippen LogP contribution in [0.3, 0.4) is 0 Å². The highest BCUT2D eigenvalue weighted by Gasteiger charge is 2.29. The van der Waals surface area contributed by atoms with Gasteiger partial charge in [-0.1, -0.05) is 12.1 Å². The zero-order chi connectivity index (χ0) is 15.5. The van der Waals surface area contributed by atoms with Gasteiger partial charge in [-0.3, -0.25) is 9.59 Å². The first-order chi connectivity index (χ1) is 9.12. The first-order valence-electron chi connectivity index (χ1n) is 6.08. The standard InChI is InChI=1S/C14H17F2NO3/c1-14(2,3)17(8-12(19)20)11(18)7-9-5-4-6-10(15)13(9)16/h4-6H,7-8H2,1-3H3,(H,19,20). The molecule has 0 aliphatic carbocycles. The molecular weight excluding hydrogens is 268 g/mol. The fourth-order valence-corrected chi connectivity index (χ4v) is 1.78. The molecule has 110 valence electrons. The summed E-state index contributed by atoms with van der Waals surface area (Å²) in [5.74, 6) is -3.83. The third-order valence-corrected chi connectivity index (χ3v) is 2.78. The van der Waals surface area contributed by atoms with Gasteiger partial charge in [-0.15, -0.1) is 0 Å². The molecule has 1 rings (SSSR count). The zero-order valence-corrected chi connectivity index (χ0v) is 11.6. The van der Waals surface area contributed by atoms with Gasteiger partial charge in [-0.05, 0) is 26.8 Å². The van der Waals surface area contributed by atoms with Gasteiger partial charge in [0.15, 0.2) is 11.6 Å². The molecule has 0 atom stereocenters. The third kappa shape index (κ3) is 4.01. The topological polar surface area (TPSA) is 57.6 Å². The summed E-state index contributed by atoms with van der Waals surface area (Å²) < 4.78 is 26.6. The van der Waals surface area contributed by atoms with E-state index in [1.165, 1.54) is 12.1 Å². The second-order valence-corrected chi connectivity index (χ2v) is 5.43. The summed E-state index contributed by atoms with van der Waals surface area (Å²) in [4.78, 5) is 24.1.